The molecule has 1 aliphatic rings. The van der Waals surface area contributed by atoms with Crippen molar-refractivity contribution in [3.63, 3.8) is 0 Å². The first-order chi connectivity index (χ1) is 10.3. The molecular formula is C16H22ClF3N2O. The van der Waals surface area contributed by atoms with Crippen LogP contribution in [-0.4, -0.2) is 18.5 Å². The summed E-state index contributed by atoms with van der Waals surface area (Å²) in [7, 11) is 0. The van der Waals surface area contributed by atoms with E-state index in [2.05, 4.69) is 5.32 Å². The molecule has 1 aromatic carbocycles. The highest BCUT2D eigenvalue weighted by Crippen LogP contribution is 2.48. The van der Waals surface area contributed by atoms with Crippen molar-refractivity contribution in [2.75, 3.05) is 6.54 Å². The number of nitrogens with one attached hydrogen (secondary N) is 1. The van der Waals surface area contributed by atoms with E-state index >= 15 is 0 Å². The Hall–Kier alpha value is -1.27. The summed E-state index contributed by atoms with van der Waals surface area (Å²) in [5, 5.41) is 2.78. The Kier molecular flexibility index (Phi) is 6.48. The molecule has 1 unspecified atom stereocenters. The van der Waals surface area contributed by atoms with E-state index in [0.717, 1.165) is 25.3 Å². The summed E-state index contributed by atoms with van der Waals surface area (Å²) in [6, 6.07) is 4.81. The zero-order valence-corrected chi connectivity index (χ0v) is 13.8. The number of amides is 1. The lowest BCUT2D eigenvalue weighted by molar-refractivity contribution is -0.137. The summed E-state index contributed by atoms with van der Waals surface area (Å²) < 4.78 is 38.4. The first-order valence-corrected chi connectivity index (χ1v) is 7.49. The van der Waals surface area contributed by atoms with Crippen LogP contribution in [0.3, 0.4) is 0 Å². The normalized spacial score (nSPS) is 17.1. The summed E-state index contributed by atoms with van der Waals surface area (Å²) >= 11 is 0. The average Bonchev–Trinajstić information content (AvgIpc) is 3.25. The van der Waals surface area contributed by atoms with Crippen LogP contribution in [0.15, 0.2) is 24.3 Å². The van der Waals surface area contributed by atoms with Gasteiger partial charge in [0, 0.05) is 12.0 Å². The molecule has 1 saturated carbocycles. The van der Waals surface area contributed by atoms with E-state index in [-0.39, 0.29) is 23.7 Å². The van der Waals surface area contributed by atoms with Crippen LogP contribution in [0.5, 0.6) is 0 Å². The van der Waals surface area contributed by atoms with Crippen molar-refractivity contribution in [2.45, 2.75) is 50.2 Å². The Morgan fingerprint density at radius 3 is 2.57 bits per heavy atom. The fourth-order valence-electron chi connectivity index (χ4n) is 2.57. The van der Waals surface area contributed by atoms with E-state index in [9.17, 15) is 18.0 Å². The van der Waals surface area contributed by atoms with E-state index in [1.807, 2.05) is 6.92 Å². The molecule has 1 atom stereocenters. The second-order valence-electron chi connectivity index (χ2n) is 5.97. The van der Waals surface area contributed by atoms with Gasteiger partial charge in [-0.05, 0) is 30.9 Å². The molecule has 23 heavy (non-hydrogen) atoms. The van der Waals surface area contributed by atoms with Crippen LogP contribution in [0.4, 0.5) is 13.2 Å². The van der Waals surface area contributed by atoms with Crippen LogP contribution < -0.4 is 11.1 Å². The minimum Gasteiger partial charge on any atom is -0.354 e. The predicted octanol–water partition coefficient (Wildman–Crippen LogP) is 3.40. The molecule has 3 N–H and O–H groups in total. The molecule has 0 aliphatic heterocycles. The number of hydrogen-bond donors (Lipinski definition) is 2. The molecule has 130 valence electrons. The minimum atomic E-state index is -4.35. The highest BCUT2D eigenvalue weighted by molar-refractivity contribution is 5.85. The zero-order valence-electron chi connectivity index (χ0n) is 13.0. The van der Waals surface area contributed by atoms with Gasteiger partial charge in [0.05, 0.1) is 11.6 Å². The van der Waals surface area contributed by atoms with Crippen molar-refractivity contribution in [3.05, 3.63) is 35.4 Å². The number of halogens is 4. The number of alkyl halides is 3. The van der Waals surface area contributed by atoms with Crippen molar-refractivity contribution in [2.24, 2.45) is 5.73 Å². The number of hydrogen-bond acceptors (Lipinski definition) is 2. The first-order valence-electron chi connectivity index (χ1n) is 7.49. The van der Waals surface area contributed by atoms with E-state index in [0.29, 0.717) is 18.5 Å². The minimum absolute atomic E-state index is 0. The Morgan fingerprint density at radius 1 is 1.39 bits per heavy atom. The molecule has 0 bridgehead atoms. The van der Waals surface area contributed by atoms with Gasteiger partial charge in [0.25, 0.3) is 0 Å². The van der Waals surface area contributed by atoms with Gasteiger partial charge in [-0.3, -0.25) is 4.79 Å². The molecule has 0 aromatic heterocycles. The van der Waals surface area contributed by atoms with Crippen molar-refractivity contribution in [1.82, 2.24) is 5.32 Å². The van der Waals surface area contributed by atoms with Crippen LogP contribution >= 0.6 is 12.4 Å². The largest absolute Gasteiger partial charge is 0.416 e. The SMILES string of the molecule is CCCC(N)C(=O)NCC1(c2cccc(C(F)(F)F)c2)CC1.Cl. The number of rotatable bonds is 6. The second kappa shape index (κ2) is 7.53. The third kappa shape index (κ3) is 4.85. The fourth-order valence-corrected chi connectivity index (χ4v) is 2.57. The number of benzene rings is 1. The molecule has 1 fully saturated rings. The van der Waals surface area contributed by atoms with Crippen molar-refractivity contribution in [1.29, 1.82) is 0 Å². The number of carbonyl (C=O) groups is 1. The van der Waals surface area contributed by atoms with Crippen molar-refractivity contribution < 1.29 is 18.0 Å². The average molecular weight is 351 g/mol. The lowest BCUT2D eigenvalue weighted by atomic mass is 9.94. The Balaban J connectivity index is 0.00000264. The van der Waals surface area contributed by atoms with Gasteiger partial charge < -0.3 is 11.1 Å². The number of nitrogens with two attached hydrogens (primary N) is 1. The second-order valence-corrected chi connectivity index (χ2v) is 5.97. The molecule has 0 heterocycles. The molecule has 7 heteroatoms. The van der Waals surface area contributed by atoms with Crippen LogP contribution in [0.25, 0.3) is 0 Å². The summed E-state index contributed by atoms with van der Waals surface area (Å²) in [6.07, 6.45) is -1.39. The smallest absolute Gasteiger partial charge is 0.354 e. The van der Waals surface area contributed by atoms with Crippen molar-refractivity contribution in [3.8, 4) is 0 Å². The monoisotopic (exact) mass is 350 g/mol. The van der Waals surface area contributed by atoms with E-state index in [1.165, 1.54) is 12.1 Å². The maximum absolute atomic E-state index is 12.8. The Morgan fingerprint density at radius 2 is 2.04 bits per heavy atom. The Labute approximate surface area is 140 Å². The lowest BCUT2D eigenvalue weighted by Gasteiger charge is -2.19. The third-order valence-corrected chi connectivity index (χ3v) is 4.19. The third-order valence-electron chi connectivity index (χ3n) is 4.19. The zero-order chi connectivity index (χ0) is 16.4. The van der Waals surface area contributed by atoms with Gasteiger partial charge in [0.1, 0.15) is 0 Å². The van der Waals surface area contributed by atoms with Gasteiger partial charge in [-0.25, -0.2) is 0 Å². The summed E-state index contributed by atoms with van der Waals surface area (Å²) in [5.41, 5.74) is 5.35. The maximum Gasteiger partial charge on any atom is 0.416 e. The van der Waals surface area contributed by atoms with Gasteiger partial charge in [0.15, 0.2) is 0 Å². The molecule has 1 aromatic rings. The van der Waals surface area contributed by atoms with Crippen LogP contribution in [0.2, 0.25) is 0 Å². The molecule has 1 aliphatic carbocycles. The summed E-state index contributed by atoms with van der Waals surface area (Å²) in [4.78, 5) is 11.8. The fraction of sp³-hybridized carbons (Fsp3) is 0.562. The van der Waals surface area contributed by atoms with Crippen LogP contribution in [0.1, 0.15) is 43.7 Å². The molecule has 2 rings (SSSR count). The van der Waals surface area contributed by atoms with Gasteiger partial charge in [0.2, 0.25) is 5.91 Å². The molecular weight excluding hydrogens is 329 g/mol. The topological polar surface area (TPSA) is 55.1 Å². The van der Waals surface area contributed by atoms with Gasteiger partial charge in [-0.15, -0.1) is 12.4 Å². The molecule has 3 nitrogen and oxygen atoms in total. The van der Waals surface area contributed by atoms with Crippen molar-refractivity contribution >= 4 is 18.3 Å². The standard InChI is InChI=1S/C16H21F3N2O.ClH/c1-2-4-13(20)14(22)21-10-15(7-8-15)11-5-3-6-12(9-11)16(17,18)19;/h3,5-6,9,13H,2,4,7-8,10,20H2,1H3,(H,21,22);1H. The maximum atomic E-state index is 12.8. The van der Waals surface area contributed by atoms with Gasteiger partial charge in [-0.1, -0.05) is 31.5 Å². The Bertz CT molecular complexity index is 544. The highest BCUT2D eigenvalue weighted by atomic mass is 35.5. The van der Waals surface area contributed by atoms with Gasteiger partial charge >= 0.3 is 6.18 Å². The van der Waals surface area contributed by atoms with E-state index < -0.39 is 17.8 Å². The van der Waals surface area contributed by atoms with Crippen LogP contribution in [0, 0.1) is 0 Å². The molecule has 0 saturated heterocycles. The lowest BCUT2D eigenvalue weighted by Crippen LogP contribution is -2.43. The molecule has 0 spiro atoms. The quantitative estimate of drug-likeness (QED) is 0.826. The van der Waals surface area contributed by atoms with Gasteiger partial charge in [-0.2, -0.15) is 13.2 Å². The van der Waals surface area contributed by atoms with Crippen LogP contribution in [-0.2, 0) is 16.4 Å². The highest BCUT2D eigenvalue weighted by Gasteiger charge is 2.45. The molecule has 1 amide bonds. The molecule has 0 radical (unpaired) electrons. The number of carbonyl (C=O) groups excluding carboxylic acids is 1. The first kappa shape index (κ1) is 19.8. The van der Waals surface area contributed by atoms with E-state index in [4.69, 9.17) is 5.73 Å². The summed E-state index contributed by atoms with van der Waals surface area (Å²) in [5.74, 6) is -0.236. The summed E-state index contributed by atoms with van der Waals surface area (Å²) in [6.45, 7) is 2.28. The van der Waals surface area contributed by atoms with E-state index in [1.54, 1.807) is 6.07 Å². The predicted molar refractivity (Wildman–Crippen MR) is 85.5 cm³/mol.